The van der Waals surface area contributed by atoms with Gasteiger partial charge < -0.3 is 4.74 Å². The van der Waals surface area contributed by atoms with Crippen LogP contribution in [0.1, 0.15) is 25.5 Å². The highest BCUT2D eigenvalue weighted by atomic mass is 16.5. The fourth-order valence-corrected chi connectivity index (χ4v) is 1.33. The number of hydrogen-bond donors (Lipinski definition) is 0. The van der Waals surface area contributed by atoms with Crippen molar-refractivity contribution in [1.82, 2.24) is 9.78 Å². The third-order valence-corrected chi connectivity index (χ3v) is 1.92. The highest BCUT2D eigenvalue weighted by molar-refractivity contribution is 4.77. The van der Waals surface area contributed by atoms with Crippen molar-refractivity contribution in [3.05, 3.63) is 18.5 Å². The summed E-state index contributed by atoms with van der Waals surface area (Å²) in [4.78, 5) is 0. The maximum Gasteiger partial charge on any atom is 0.150 e. The van der Waals surface area contributed by atoms with E-state index in [1.165, 1.54) is 12.8 Å². The topological polar surface area (TPSA) is 27.1 Å². The summed E-state index contributed by atoms with van der Waals surface area (Å²) in [6.45, 7) is 0.866. The van der Waals surface area contributed by atoms with E-state index in [9.17, 15) is 0 Å². The molecule has 0 amide bonds. The van der Waals surface area contributed by atoms with Gasteiger partial charge in [0.05, 0.1) is 6.20 Å². The van der Waals surface area contributed by atoms with Gasteiger partial charge in [-0.3, -0.25) is 0 Å². The van der Waals surface area contributed by atoms with Crippen molar-refractivity contribution in [1.29, 1.82) is 0 Å². The van der Waals surface area contributed by atoms with E-state index in [1.807, 2.05) is 10.9 Å². The van der Waals surface area contributed by atoms with Crippen LogP contribution in [-0.4, -0.2) is 16.4 Å². The van der Waals surface area contributed by atoms with E-state index >= 15 is 0 Å². The van der Waals surface area contributed by atoms with Crippen molar-refractivity contribution in [3.63, 3.8) is 0 Å². The van der Waals surface area contributed by atoms with Gasteiger partial charge >= 0.3 is 0 Å². The van der Waals surface area contributed by atoms with Crippen molar-refractivity contribution in [2.75, 3.05) is 6.61 Å². The SMILES string of the molecule is [c]1cnn(C2CCCCO2)c1. The Labute approximate surface area is 66.0 Å². The molecule has 0 bridgehead atoms. The smallest absolute Gasteiger partial charge is 0.150 e. The summed E-state index contributed by atoms with van der Waals surface area (Å²) in [5, 5.41) is 4.08. The molecule has 1 saturated heterocycles. The van der Waals surface area contributed by atoms with E-state index in [2.05, 4.69) is 11.2 Å². The van der Waals surface area contributed by atoms with Crippen molar-refractivity contribution in [2.45, 2.75) is 25.5 Å². The zero-order valence-electron chi connectivity index (χ0n) is 6.36. The zero-order chi connectivity index (χ0) is 7.52. The molecule has 2 rings (SSSR count). The van der Waals surface area contributed by atoms with Gasteiger partial charge in [-0.05, 0) is 19.3 Å². The van der Waals surface area contributed by atoms with Gasteiger partial charge in [0, 0.05) is 18.9 Å². The molecule has 0 aromatic carbocycles. The Bertz CT molecular complexity index is 202. The third-order valence-electron chi connectivity index (χ3n) is 1.92. The van der Waals surface area contributed by atoms with E-state index in [1.54, 1.807) is 6.20 Å². The maximum absolute atomic E-state index is 5.50. The van der Waals surface area contributed by atoms with Gasteiger partial charge in [-0.25, -0.2) is 4.68 Å². The van der Waals surface area contributed by atoms with Gasteiger partial charge in [0.25, 0.3) is 0 Å². The van der Waals surface area contributed by atoms with Crippen LogP contribution in [0.2, 0.25) is 0 Å². The quantitative estimate of drug-likeness (QED) is 0.606. The molecule has 1 fully saturated rings. The summed E-state index contributed by atoms with van der Waals surface area (Å²) < 4.78 is 7.34. The minimum absolute atomic E-state index is 0.162. The Morgan fingerprint density at radius 3 is 3.18 bits per heavy atom. The van der Waals surface area contributed by atoms with Crippen LogP contribution in [0.4, 0.5) is 0 Å². The summed E-state index contributed by atoms with van der Waals surface area (Å²) in [5.41, 5.74) is 0. The van der Waals surface area contributed by atoms with Crippen molar-refractivity contribution in [2.24, 2.45) is 0 Å². The lowest BCUT2D eigenvalue weighted by Gasteiger charge is -2.22. The molecule has 1 aliphatic rings. The summed E-state index contributed by atoms with van der Waals surface area (Å²) in [7, 11) is 0. The molecular formula is C8H11N2O. The van der Waals surface area contributed by atoms with Gasteiger partial charge in [0.2, 0.25) is 0 Å². The van der Waals surface area contributed by atoms with Crippen molar-refractivity contribution in [3.8, 4) is 0 Å². The minimum atomic E-state index is 0.162. The number of nitrogens with zero attached hydrogens (tertiary/aromatic N) is 2. The fraction of sp³-hybridized carbons (Fsp3) is 0.625. The Kier molecular flexibility index (Phi) is 1.90. The van der Waals surface area contributed by atoms with E-state index in [0.717, 1.165) is 13.0 Å². The first-order valence-electron chi connectivity index (χ1n) is 3.98. The van der Waals surface area contributed by atoms with Crippen molar-refractivity contribution < 1.29 is 4.74 Å². The van der Waals surface area contributed by atoms with Gasteiger partial charge in [-0.15, -0.1) is 0 Å². The molecule has 59 valence electrons. The first-order valence-corrected chi connectivity index (χ1v) is 3.98. The average molecular weight is 151 g/mol. The van der Waals surface area contributed by atoms with Gasteiger partial charge in [-0.1, -0.05) is 0 Å². The monoisotopic (exact) mass is 151 g/mol. The largest absolute Gasteiger partial charge is 0.357 e. The second-order valence-electron chi connectivity index (χ2n) is 2.74. The van der Waals surface area contributed by atoms with E-state index in [0.29, 0.717) is 0 Å². The summed E-state index contributed by atoms with van der Waals surface area (Å²) in [6, 6.07) is 2.90. The van der Waals surface area contributed by atoms with Crippen LogP contribution in [0.15, 0.2) is 12.4 Å². The molecule has 11 heavy (non-hydrogen) atoms. The lowest BCUT2D eigenvalue weighted by Crippen LogP contribution is -2.18. The fourth-order valence-electron chi connectivity index (χ4n) is 1.33. The van der Waals surface area contributed by atoms with Crippen LogP contribution in [0, 0.1) is 6.07 Å². The van der Waals surface area contributed by atoms with E-state index in [4.69, 9.17) is 4.74 Å². The molecule has 1 unspecified atom stereocenters. The Hall–Kier alpha value is -0.830. The lowest BCUT2D eigenvalue weighted by atomic mass is 10.2. The highest BCUT2D eigenvalue weighted by Gasteiger charge is 2.14. The van der Waals surface area contributed by atoms with E-state index < -0.39 is 0 Å². The molecule has 1 aromatic heterocycles. The average Bonchev–Trinajstić information content (AvgIpc) is 2.58. The molecule has 2 heterocycles. The molecule has 3 nitrogen and oxygen atoms in total. The number of ether oxygens (including phenoxy) is 1. The molecule has 0 saturated carbocycles. The Balaban J connectivity index is 2.04. The first kappa shape index (κ1) is 6.85. The molecular weight excluding hydrogens is 140 g/mol. The second kappa shape index (κ2) is 3.05. The molecule has 0 spiro atoms. The first-order chi connectivity index (χ1) is 5.47. The molecule has 0 N–H and O–H groups in total. The standard InChI is InChI=1S/C8H11N2O/c1-2-7-11-8(4-1)10-6-3-5-9-10/h5-6,8H,1-2,4,7H2. The predicted octanol–water partition coefficient (Wildman–Crippen LogP) is 1.38. The van der Waals surface area contributed by atoms with Crippen LogP contribution in [0.3, 0.4) is 0 Å². The third kappa shape index (κ3) is 1.43. The Morgan fingerprint density at radius 1 is 1.55 bits per heavy atom. The summed E-state index contributed by atoms with van der Waals surface area (Å²) >= 11 is 0. The van der Waals surface area contributed by atoms with Gasteiger partial charge in [-0.2, -0.15) is 5.10 Å². The maximum atomic E-state index is 5.50. The number of hydrogen-bond acceptors (Lipinski definition) is 2. The normalized spacial score (nSPS) is 25.3. The van der Waals surface area contributed by atoms with Crippen LogP contribution in [-0.2, 0) is 4.74 Å². The van der Waals surface area contributed by atoms with Crippen molar-refractivity contribution >= 4 is 0 Å². The van der Waals surface area contributed by atoms with Gasteiger partial charge in [0.1, 0.15) is 6.23 Å². The molecule has 1 atom stereocenters. The lowest BCUT2D eigenvalue weighted by molar-refractivity contribution is -0.0394. The Morgan fingerprint density at radius 2 is 2.55 bits per heavy atom. The molecule has 0 aliphatic carbocycles. The van der Waals surface area contributed by atoms with Crippen LogP contribution >= 0.6 is 0 Å². The molecule has 1 radical (unpaired) electrons. The highest BCUT2D eigenvalue weighted by Crippen LogP contribution is 2.20. The van der Waals surface area contributed by atoms with E-state index in [-0.39, 0.29) is 6.23 Å². The minimum Gasteiger partial charge on any atom is -0.357 e. The van der Waals surface area contributed by atoms with Gasteiger partial charge in [0.15, 0.2) is 0 Å². The van der Waals surface area contributed by atoms with Crippen LogP contribution in [0.5, 0.6) is 0 Å². The summed E-state index contributed by atoms with van der Waals surface area (Å²) in [6.07, 6.45) is 7.16. The summed E-state index contributed by atoms with van der Waals surface area (Å²) in [5.74, 6) is 0. The molecule has 1 aromatic rings. The zero-order valence-corrected chi connectivity index (χ0v) is 6.36. The molecule has 1 aliphatic heterocycles. The predicted molar refractivity (Wildman–Crippen MR) is 39.9 cm³/mol. The molecule has 3 heteroatoms. The number of aromatic nitrogens is 2. The number of rotatable bonds is 1. The second-order valence-corrected chi connectivity index (χ2v) is 2.74. The van der Waals surface area contributed by atoms with Crippen LogP contribution in [0.25, 0.3) is 0 Å². The van der Waals surface area contributed by atoms with Crippen LogP contribution < -0.4 is 0 Å².